The number of aromatic nitrogens is 4. The van der Waals surface area contributed by atoms with Crippen molar-refractivity contribution in [2.24, 2.45) is 0 Å². The van der Waals surface area contributed by atoms with E-state index in [0.29, 0.717) is 47.7 Å². The second kappa shape index (κ2) is 12.0. The summed E-state index contributed by atoms with van der Waals surface area (Å²) in [6.07, 6.45) is 4.15. The lowest BCUT2D eigenvalue weighted by molar-refractivity contribution is -0.0661. The number of piperidine rings is 1. The molecule has 13 heteroatoms. The van der Waals surface area contributed by atoms with Crippen molar-refractivity contribution < 1.29 is 32.5 Å². The molecule has 45 heavy (non-hydrogen) atoms. The highest BCUT2D eigenvalue weighted by atomic mass is 19.1. The van der Waals surface area contributed by atoms with Crippen molar-refractivity contribution in [1.29, 1.82) is 0 Å². The number of halogens is 2. The molecule has 0 unspecified atom stereocenters. The lowest BCUT2D eigenvalue weighted by atomic mass is 9.80. The van der Waals surface area contributed by atoms with Crippen LogP contribution in [-0.2, 0) is 9.47 Å². The van der Waals surface area contributed by atoms with Crippen molar-refractivity contribution >= 4 is 11.9 Å². The summed E-state index contributed by atoms with van der Waals surface area (Å²) in [5.41, 5.74) is -0.935. The van der Waals surface area contributed by atoms with Gasteiger partial charge in [0.05, 0.1) is 43.0 Å². The lowest BCUT2D eigenvalue weighted by Crippen LogP contribution is -2.69. The molecule has 2 aliphatic heterocycles. The molecule has 0 N–H and O–H groups in total. The maximum atomic E-state index is 16.4. The van der Waals surface area contributed by atoms with E-state index in [9.17, 15) is 4.79 Å². The third-order valence-corrected chi connectivity index (χ3v) is 8.70. The minimum atomic E-state index is -1.37. The summed E-state index contributed by atoms with van der Waals surface area (Å²) in [6.45, 7) is 9.11. The first-order valence-corrected chi connectivity index (χ1v) is 14.8. The molecule has 2 bridgehead atoms. The molecule has 5 rings (SSSR count). The number of methoxy groups -OCH3 is 2. The summed E-state index contributed by atoms with van der Waals surface area (Å²) in [6, 6.07) is 3.85. The summed E-state index contributed by atoms with van der Waals surface area (Å²) in [5, 5.41) is 7.72. The van der Waals surface area contributed by atoms with Gasteiger partial charge in [0, 0.05) is 42.5 Å². The van der Waals surface area contributed by atoms with E-state index in [1.54, 1.807) is 50.6 Å². The predicted molar refractivity (Wildman–Crippen MR) is 163 cm³/mol. The lowest BCUT2D eigenvalue weighted by Gasteiger charge is -2.54. The largest absolute Gasteiger partial charge is 0.480 e. The molecule has 0 spiro atoms. The van der Waals surface area contributed by atoms with Crippen LogP contribution in [0.5, 0.6) is 11.6 Å². The van der Waals surface area contributed by atoms with Gasteiger partial charge in [-0.15, -0.1) is 5.10 Å². The van der Waals surface area contributed by atoms with Crippen LogP contribution in [0.4, 0.5) is 19.4 Å². The summed E-state index contributed by atoms with van der Waals surface area (Å²) in [5.74, 6) is 0.454. The molecule has 2 aromatic heterocycles. The molecule has 2 saturated heterocycles. The number of amides is 1. The molecule has 2 fully saturated rings. The van der Waals surface area contributed by atoms with E-state index in [2.05, 4.69) is 20.2 Å². The molecular formula is C32H40F2N6O5. The fourth-order valence-corrected chi connectivity index (χ4v) is 6.48. The Hall–Kier alpha value is -4.13. The summed E-state index contributed by atoms with van der Waals surface area (Å²) < 4.78 is 53.6. The number of hydrogen-bond donors (Lipinski definition) is 0. The number of carbonyl (C=O) groups is 1. The molecule has 11 nitrogen and oxygen atoms in total. The van der Waals surface area contributed by atoms with Crippen molar-refractivity contribution in [3.63, 3.8) is 0 Å². The number of benzene rings is 1. The van der Waals surface area contributed by atoms with E-state index >= 15 is 8.78 Å². The van der Waals surface area contributed by atoms with Crippen LogP contribution in [0.2, 0.25) is 0 Å². The Bertz CT molecular complexity index is 1550. The zero-order valence-electron chi connectivity index (χ0n) is 26.9. The number of ether oxygens (including phenoxy) is 4. The third-order valence-electron chi connectivity index (χ3n) is 8.70. The van der Waals surface area contributed by atoms with Gasteiger partial charge in [0.2, 0.25) is 5.88 Å². The quantitative estimate of drug-likeness (QED) is 0.283. The first kappa shape index (κ1) is 32.3. The average Bonchev–Trinajstić information content (AvgIpc) is 3.23. The van der Waals surface area contributed by atoms with Crippen molar-refractivity contribution in [2.75, 3.05) is 33.0 Å². The molecule has 4 atom stereocenters. The Balaban J connectivity index is 1.42. The summed E-state index contributed by atoms with van der Waals surface area (Å²) in [4.78, 5) is 25.8. The smallest absolute Gasteiger partial charge is 0.411 e. The predicted octanol–water partition coefficient (Wildman–Crippen LogP) is 5.83. The van der Waals surface area contributed by atoms with Crippen molar-refractivity contribution in [3.8, 4) is 34.0 Å². The highest BCUT2D eigenvalue weighted by Gasteiger charge is 2.64. The van der Waals surface area contributed by atoms with E-state index in [0.717, 1.165) is 0 Å². The van der Waals surface area contributed by atoms with Gasteiger partial charge in [0.1, 0.15) is 29.2 Å². The zero-order chi connectivity index (χ0) is 32.7. The maximum absolute atomic E-state index is 16.4. The molecule has 3 aromatic rings. The molecule has 242 valence electrons. The average molecular weight is 627 g/mol. The number of rotatable bonds is 8. The van der Waals surface area contributed by atoms with Crippen LogP contribution < -0.4 is 14.4 Å². The molecule has 1 aromatic carbocycles. The molecule has 0 radical (unpaired) electrons. The molecule has 1 amide bonds. The van der Waals surface area contributed by atoms with E-state index in [4.69, 9.17) is 18.9 Å². The van der Waals surface area contributed by atoms with Crippen LogP contribution in [0.3, 0.4) is 0 Å². The van der Waals surface area contributed by atoms with Gasteiger partial charge in [-0.1, -0.05) is 0 Å². The second-order valence-corrected chi connectivity index (χ2v) is 13.1. The minimum absolute atomic E-state index is 0.0817. The number of fused-ring (bicyclic) bond motifs is 2. The van der Waals surface area contributed by atoms with Gasteiger partial charge in [-0.3, -0.25) is 9.88 Å². The SMILES string of the molecule is COCOc1cc(-c2cnnc(OC)c2)c(F)cc1-c1cnc(N(C)[C@@H]2C[C@@]3(C)CC[C@@](C)([C@@H]2F)N3C(=O)OC(C)(C)C)cn1. The van der Waals surface area contributed by atoms with Gasteiger partial charge in [-0.05, 0) is 66.0 Å². The number of carbonyl (C=O) groups excluding carboxylic acids is 1. The zero-order valence-corrected chi connectivity index (χ0v) is 26.9. The van der Waals surface area contributed by atoms with Gasteiger partial charge in [0.25, 0.3) is 0 Å². The van der Waals surface area contributed by atoms with E-state index in [1.165, 1.54) is 44.9 Å². The Morgan fingerprint density at radius 3 is 2.49 bits per heavy atom. The Morgan fingerprint density at radius 1 is 1.09 bits per heavy atom. The first-order chi connectivity index (χ1) is 21.2. The second-order valence-electron chi connectivity index (χ2n) is 13.1. The van der Waals surface area contributed by atoms with Crippen molar-refractivity contribution in [3.05, 3.63) is 42.6 Å². The van der Waals surface area contributed by atoms with Crippen molar-refractivity contribution in [1.82, 2.24) is 25.1 Å². The van der Waals surface area contributed by atoms with Gasteiger partial charge in [0.15, 0.2) is 6.79 Å². The molecule has 0 saturated carbocycles. The fraction of sp³-hybridized carbons (Fsp3) is 0.531. The third kappa shape index (κ3) is 6.09. The Morgan fingerprint density at radius 2 is 1.84 bits per heavy atom. The first-order valence-electron chi connectivity index (χ1n) is 14.8. The van der Waals surface area contributed by atoms with Crippen LogP contribution in [0.1, 0.15) is 53.9 Å². The van der Waals surface area contributed by atoms with Gasteiger partial charge in [-0.2, -0.15) is 5.10 Å². The van der Waals surface area contributed by atoms with E-state index < -0.39 is 40.8 Å². The van der Waals surface area contributed by atoms with Gasteiger partial charge in [-0.25, -0.2) is 18.6 Å². The Kier molecular flexibility index (Phi) is 8.60. The monoisotopic (exact) mass is 626 g/mol. The normalized spacial score (nSPS) is 24.4. The standard InChI is InChI=1S/C32H40F2N6O5/c1-30(2,3)45-29(41)40-31(4)9-10-32(40,5)28(34)24(14-31)39(6)26-17-35-23(16-36-26)21-12-22(33)20(13-25(21)44-18-42-7)19-11-27(43-8)38-37-15-19/h11-13,15-17,24,28H,9-10,14,18H2,1-8H3/t24-,28-,31-,32+/m1/s1. The van der Waals surface area contributed by atoms with Crippen LogP contribution in [0.15, 0.2) is 36.8 Å². The molecule has 0 aliphatic carbocycles. The summed E-state index contributed by atoms with van der Waals surface area (Å²) in [7, 11) is 4.70. The summed E-state index contributed by atoms with van der Waals surface area (Å²) >= 11 is 0. The van der Waals surface area contributed by atoms with Crippen LogP contribution in [0, 0.1) is 5.82 Å². The number of anilines is 1. The van der Waals surface area contributed by atoms with Crippen LogP contribution in [-0.4, -0.2) is 88.1 Å². The molecule has 2 aliphatic rings. The van der Waals surface area contributed by atoms with Crippen LogP contribution in [0.25, 0.3) is 22.4 Å². The van der Waals surface area contributed by atoms with Crippen LogP contribution >= 0.6 is 0 Å². The van der Waals surface area contributed by atoms with Gasteiger partial charge < -0.3 is 23.8 Å². The fourth-order valence-electron chi connectivity index (χ4n) is 6.48. The molecule has 4 heterocycles. The van der Waals surface area contributed by atoms with E-state index in [1.807, 2.05) is 6.92 Å². The number of nitrogens with zero attached hydrogens (tertiary/aromatic N) is 6. The van der Waals surface area contributed by atoms with E-state index in [-0.39, 0.29) is 18.2 Å². The minimum Gasteiger partial charge on any atom is -0.480 e. The topological polar surface area (TPSA) is 112 Å². The number of alkyl halides is 1. The van der Waals surface area contributed by atoms with Gasteiger partial charge >= 0.3 is 6.09 Å². The molecular weight excluding hydrogens is 586 g/mol. The highest BCUT2D eigenvalue weighted by molar-refractivity contribution is 5.75. The Labute approximate surface area is 261 Å². The van der Waals surface area contributed by atoms with Crippen molar-refractivity contribution in [2.45, 2.75) is 82.8 Å². The maximum Gasteiger partial charge on any atom is 0.411 e. The number of hydrogen-bond acceptors (Lipinski definition) is 10. The highest BCUT2D eigenvalue weighted by Crippen LogP contribution is 2.53.